The van der Waals surface area contributed by atoms with E-state index in [-0.39, 0.29) is 32.9 Å². The molecule has 0 spiro atoms. The van der Waals surface area contributed by atoms with E-state index in [4.69, 9.17) is 34.0 Å². The molecule has 0 aliphatic rings. The lowest BCUT2D eigenvalue weighted by Gasteiger charge is -2.13. The van der Waals surface area contributed by atoms with Gasteiger partial charge >= 0.3 is 5.97 Å². The minimum Gasteiger partial charge on any atom is -0.481 e. The fraction of sp³-hybridized carbons (Fsp3) is 0.150. The molecule has 2 heterocycles. The number of aromatic nitrogens is 2. The van der Waals surface area contributed by atoms with Crippen molar-refractivity contribution in [3.05, 3.63) is 57.8 Å². The molecule has 1 unspecified atom stereocenters. The lowest BCUT2D eigenvalue weighted by Crippen LogP contribution is -2.31. The molecule has 3 rings (SSSR count). The minimum absolute atomic E-state index is 0.0705. The van der Waals surface area contributed by atoms with Crippen molar-refractivity contribution < 1.29 is 24.3 Å². The van der Waals surface area contributed by atoms with Gasteiger partial charge in [-0.1, -0.05) is 23.2 Å². The predicted octanol–water partition coefficient (Wildman–Crippen LogP) is 2.83. The molecule has 0 radical (unpaired) electrons. The number of hydrogen-bond acceptors (Lipinski definition) is 6. The van der Waals surface area contributed by atoms with Crippen LogP contribution >= 0.6 is 23.2 Å². The van der Waals surface area contributed by atoms with Crippen LogP contribution in [0.3, 0.4) is 0 Å². The number of anilines is 1. The number of halogens is 2. The van der Waals surface area contributed by atoms with E-state index in [0.29, 0.717) is 10.9 Å². The average Bonchev–Trinajstić information content (AvgIpc) is 3.12. The molecule has 9 nitrogen and oxygen atoms in total. The lowest BCUT2D eigenvalue weighted by atomic mass is 9.96. The summed E-state index contributed by atoms with van der Waals surface area (Å²) in [7, 11) is 0. The second-order valence-corrected chi connectivity index (χ2v) is 7.38. The van der Waals surface area contributed by atoms with Crippen LogP contribution in [-0.4, -0.2) is 44.8 Å². The molecular weight excluding hydrogens is 447 g/mol. The Kier molecular flexibility index (Phi) is 6.40. The highest BCUT2D eigenvalue weighted by molar-refractivity contribution is 6.40. The van der Waals surface area contributed by atoms with E-state index in [1.165, 1.54) is 36.0 Å². The van der Waals surface area contributed by atoms with Crippen LogP contribution in [0.5, 0.6) is 0 Å². The van der Waals surface area contributed by atoms with Gasteiger partial charge < -0.3 is 16.2 Å². The van der Waals surface area contributed by atoms with E-state index in [2.05, 4.69) is 10.3 Å². The Labute approximate surface area is 185 Å². The zero-order chi connectivity index (χ0) is 22.9. The Bertz CT molecular complexity index is 1210. The topological polar surface area (TPSA) is 144 Å². The Morgan fingerprint density at radius 3 is 2.39 bits per heavy atom. The van der Waals surface area contributed by atoms with Crippen molar-refractivity contribution in [2.24, 2.45) is 11.7 Å². The maximum atomic E-state index is 13.2. The number of ketones is 1. The molecule has 31 heavy (non-hydrogen) atoms. The van der Waals surface area contributed by atoms with Gasteiger partial charge in [-0.3, -0.25) is 23.7 Å². The number of benzene rings is 1. The molecular formula is C20H16Cl2N4O5. The number of carboxylic acids is 1. The highest BCUT2D eigenvalue weighted by atomic mass is 35.5. The fourth-order valence-electron chi connectivity index (χ4n) is 3.07. The van der Waals surface area contributed by atoms with Crippen molar-refractivity contribution in [2.45, 2.75) is 6.92 Å². The molecule has 0 fully saturated rings. The number of aliphatic carboxylic acids is 1. The van der Waals surface area contributed by atoms with E-state index < -0.39 is 30.1 Å². The molecule has 0 saturated carbocycles. The third kappa shape index (κ3) is 4.29. The van der Waals surface area contributed by atoms with Crippen molar-refractivity contribution in [2.75, 3.05) is 11.9 Å². The predicted molar refractivity (Wildman–Crippen MR) is 115 cm³/mol. The van der Waals surface area contributed by atoms with Gasteiger partial charge in [-0.15, -0.1) is 0 Å². The first kappa shape index (κ1) is 22.4. The van der Waals surface area contributed by atoms with Crippen molar-refractivity contribution >= 4 is 63.5 Å². The van der Waals surface area contributed by atoms with Gasteiger partial charge in [-0.05, 0) is 24.3 Å². The lowest BCUT2D eigenvalue weighted by molar-refractivity contribution is -0.139. The molecule has 1 aromatic carbocycles. The Hall–Kier alpha value is -3.27. The van der Waals surface area contributed by atoms with Gasteiger partial charge in [-0.2, -0.15) is 0 Å². The van der Waals surface area contributed by atoms with Crippen LogP contribution in [0.2, 0.25) is 10.0 Å². The van der Waals surface area contributed by atoms with Crippen LogP contribution in [0.4, 0.5) is 5.82 Å². The first-order chi connectivity index (χ1) is 14.6. The molecule has 1 atom stereocenters. The number of nitrogens with one attached hydrogen (secondary N) is 1. The van der Waals surface area contributed by atoms with Crippen LogP contribution in [-0.2, 0) is 9.59 Å². The van der Waals surface area contributed by atoms with Crippen LogP contribution in [0.15, 0.2) is 36.7 Å². The third-order valence-electron chi connectivity index (χ3n) is 4.52. The number of nitrogens with two attached hydrogens (primary N) is 1. The Morgan fingerprint density at radius 1 is 1.19 bits per heavy atom. The summed E-state index contributed by atoms with van der Waals surface area (Å²) in [5.41, 5.74) is 5.67. The number of hydrogen-bond donors (Lipinski definition) is 3. The van der Waals surface area contributed by atoms with Gasteiger partial charge in [0.25, 0.3) is 5.91 Å². The first-order valence-corrected chi connectivity index (χ1v) is 9.65. The van der Waals surface area contributed by atoms with Gasteiger partial charge in [0.2, 0.25) is 5.91 Å². The number of pyridine rings is 1. The monoisotopic (exact) mass is 462 g/mol. The van der Waals surface area contributed by atoms with Gasteiger partial charge in [0, 0.05) is 36.8 Å². The number of carbonyl (C=O) groups excluding carboxylic acids is 3. The van der Waals surface area contributed by atoms with E-state index in [9.17, 15) is 19.2 Å². The van der Waals surface area contributed by atoms with Crippen molar-refractivity contribution in [3.8, 4) is 0 Å². The zero-order valence-electron chi connectivity index (χ0n) is 16.1. The molecule has 0 aliphatic heterocycles. The largest absolute Gasteiger partial charge is 0.481 e. The van der Waals surface area contributed by atoms with Crippen molar-refractivity contribution in [1.82, 2.24) is 9.55 Å². The summed E-state index contributed by atoms with van der Waals surface area (Å²) in [6.07, 6.45) is 2.90. The highest BCUT2D eigenvalue weighted by Gasteiger charge is 2.28. The van der Waals surface area contributed by atoms with Crippen LogP contribution in [0.25, 0.3) is 10.9 Å². The maximum Gasteiger partial charge on any atom is 0.315 e. The number of nitrogens with zero attached hydrogens (tertiary/aromatic N) is 2. The molecule has 1 amide bonds. The second kappa shape index (κ2) is 8.84. The van der Waals surface area contributed by atoms with Crippen molar-refractivity contribution in [3.63, 3.8) is 0 Å². The Morgan fingerprint density at radius 2 is 1.84 bits per heavy atom. The van der Waals surface area contributed by atoms with Gasteiger partial charge in [-0.25, -0.2) is 4.98 Å². The first-order valence-electron chi connectivity index (χ1n) is 8.90. The van der Waals surface area contributed by atoms with Gasteiger partial charge in [0.1, 0.15) is 11.7 Å². The number of rotatable bonds is 6. The number of carbonyl (C=O) groups is 4. The number of Topliss-reactive ketones (excluding diaryl/α,β-unsaturated/α-hetero) is 1. The molecule has 2 aromatic heterocycles. The molecule has 4 N–H and O–H groups in total. The smallest absolute Gasteiger partial charge is 0.315 e. The molecule has 160 valence electrons. The number of fused-ring (bicyclic) bond motifs is 1. The Balaban J connectivity index is 2.04. The normalized spacial score (nSPS) is 11.9. The second-order valence-electron chi connectivity index (χ2n) is 6.57. The number of carboxylic acid groups (broad SMARTS) is 1. The highest BCUT2D eigenvalue weighted by Crippen LogP contribution is 2.31. The number of amides is 1. The summed E-state index contributed by atoms with van der Waals surface area (Å²) in [4.78, 5) is 52.3. The summed E-state index contributed by atoms with van der Waals surface area (Å²) < 4.78 is 1.27. The average molecular weight is 463 g/mol. The van der Waals surface area contributed by atoms with Crippen LogP contribution in [0, 0.1) is 5.92 Å². The summed E-state index contributed by atoms with van der Waals surface area (Å²) in [5, 5.41) is 12.0. The fourth-order valence-corrected chi connectivity index (χ4v) is 3.72. The van der Waals surface area contributed by atoms with Gasteiger partial charge in [0.05, 0.1) is 21.1 Å². The van der Waals surface area contributed by atoms with E-state index in [1.54, 1.807) is 12.1 Å². The molecule has 0 aliphatic carbocycles. The summed E-state index contributed by atoms with van der Waals surface area (Å²) in [6.45, 7) is 0.939. The molecule has 0 bridgehead atoms. The summed E-state index contributed by atoms with van der Waals surface area (Å²) in [6, 6.07) is 5.55. The minimum atomic E-state index is -1.46. The molecule has 3 aromatic rings. The molecule has 11 heteroatoms. The summed E-state index contributed by atoms with van der Waals surface area (Å²) in [5.74, 6) is -4.21. The van der Waals surface area contributed by atoms with Crippen molar-refractivity contribution in [1.29, 1.82) is 0 Å². The third-order valence-corrected chi connectivity index (χ3v) is 5.12. The quantitative estimate of drug-likeness (QED) is 0.377. The van der Waals surface area contributed by atoms with Crippen LogP contribution < -0.4 is 11.1 Å². The van der Waals surface area contributed by atoms with E-state index in [0.717, 1.165) is 0 Å². The van der Waals surface area contributed by atoms with Crippen LogP contribution in [0.1, 0.15) is 27.6 Å². The van der Waals surface area contributed by atoms with E-state index >= 15 is 0 Å². The van der Waals surface area contributed by atoms with Gasteiger partial charge in [0.15, 0.2) is 5.78 Å². The zero-order valence-corrected chi connectivity index (χ0v) is 17.6. The molecule has 0 saturated heterocycles. The van der Waals surface area contributed by atoms with E-state index in [1.807, 2.05) is 0 Å². The SMILES string of the molecule is CC(=O)Nc1nccc2c1ccn2C(=O)c1c(Cl)cc(C(=O)C(CN)C(=O)O)cc1Cl. The maximum absolute atomic E-state index is 13.2. The standard InChI is InChI=1S/C20H16Cl2N4O5/c1-9(27)25-18-11-3-5-26(15(11)2-4-24-18)19(29)16-13(21)6-10(7-14(16)22)17(28)12(8-23)20(30)31/h2-7,12H,8,23H2,1H3,(H,30,31)(H,24,25,27). The summed E-state index contributed by atoms with van der Waals surface area (Å²) >= 11 is 12.5.